The Hall–Kier alpha value is -2.75. The molecule has 24 heavy (non-hydrogen) atoms. The third-order valence-electron chi connectivity index (χ3n) is 3.61. The summed E-state index contributed by atoms with van der Waals surface area (Å²) in [5.74, 6) is -0.630. The average molecular weight is 326 g/mol. The van der Waals surface area contributed by atoms with E-state index in [9.17, 15) is 14.0 Å². The summed E-state index contributed by atoms with van der Waals surface area (Å²) in [7, 11) is 1.38. The maximum atomic E-state index is 12.8. The number of ketones is 1. The summed E-state index contributed by atoms with van der Waals surface area (Å²) in [4.78, 5) is 23.2. The normalized spacial score (nSPS) is 10.8. The first-order chi connectivity index (χ1) is 11.6. The Kier molecular flexibility index (Phi) is 6.43. The molecule has 0 fully saturated rings. The average Bonchev–Trinajstić information content (AvgIpc) is 2.61. The first-order valence-corrected chi connectivity index (χ1v) is 7.72. The van der Waals surface area contributed by atoms with E-state index in [1.807, 2.05) is 12.1 Å². The van der Waals surface area contributed by atoms with Crippen LogP contribution in [0.4, 0.5) is 4.39 Å². The summed E-state index contributed by atoms with van der Waals surface area (Å²) in [5, 5.41) is 0. The molecule has 0 aliphatic carbocycles. The van der Waals surface area contributed by atoms with Gasteiger partial charge in [0, 0.05) is 12.0 Å². The Balaban J connectivity index is 1.91. The van der Waals surface area contributed by atoms with Gasteiger partial charge in [0.1, 0.15) is 5.82 Å². The van der Waals surface area contributed by atoms with E-state index in [1.165, 1.54) is 25.3 Å². The van der Waals surface area contributed by atoms with Crippen molar-refractivity contribution in [2.24, 2.45) is 0 Å². The van der Waals surface area contributed by atoms with Crippen molar-refractivity contribution in [2.45, 2.75) is 19.3 Å². The number of ether oxygens (including phenoxy) is 1. The molecule has 0 unspecified atom stereocenters. The van der Waals surface area contributed by atoms with Crippen LogP contribution in [0.15, 0.2) is 54.6 Å². The van der Waals surface area contributed by atoms with Gasteiger partial charge in [-0.25, -0.2) is 4.39 Å². The van der Waals surface area contributed by atoms with Gasteiger partial charge in [0.2, 0.25) is 0 Å². The number of hydrogen-bond donors (Lipinski definition) is 0. The fourth-order valence-corrected chi connectivity index (χ4v) is 2.22. The van der Waals surface area contributed by atoms with Crippen LogP contribution in [0.5, 0.6) is 0 Å². The molecule has 0 bridgehead atoms. The van der Waals surface area contributed by atoms with Gasteiger partial charge in [0.15, 0.2) is 5.78 Å². The van der Waals surface area contributed by atoms with Gasteiger partial charge < -0.3 is 4.74 Å². The zero-order chi connectivity index (χ0) is 17.4. The zero-order valence-electron chi connectivity index (χ0n) is 13.5. The first-order valence-electron chi connectivity index (χ1n) is 7.72. The summed E-state index contributed by atoms with van der Waals surface area (Å²) in [6.07, 6.45) is 4.99. The largest absolute Gasteiger partial charge is 0.469 e. The molecular formula is C20H19FO3. The molecule has 4 heteroatoms. The summed E-state index contributed by atoms with van der Waals surface area (Å²) < 4.78 is 17.4. The Labute approximate surface area is 140 Å². The second kappa shape index (κ2) is 8.77. The number of methoxy groups -OCH3 is 1. The van der Waals surface area contributed by atoms with Gasteiger partial charge in [-0.05, 0) is 42.2 Å². The molecule has 0 N–H and O–H groups in total. The Morgan fingerprint density at radius 2 is 1.71 bits per heavy atom. The van der Waals surface area contributed by atoms with Gasteiger partial charge in [-0.15, -0.1) is 0 Å². The number of esters is 1. The summed E-state index contributed by atoms with van der Waals surface area (Å²) in [5.41, 5.74) is 2.42. The second-order valence-electron chi connectivity index (χ2n) is 5.38. The standard InChI is InChI=1S/C20H19FO3/c1-24-20(23)4-2-3-15-5-10-17(11-6-15)19(22)14-9-16-7-12-18(21)13-8-16/h5-14H,2-4H2,1H3/b14-9+. The van der Waals surface area contributed by atoms with Crippen molar-refractivity contribution in [1.82, 2.24) is 0 Å². The van der Waals surface area contributed by atoms with Crippen LogP contribution < -0.4 is 0 Å². The molecule has 2 rings (SSSR count). The van der Waals surface area contributed by atoms with E-state index in [0.717, 1.165) is 17.5 Å². The third-order valence-corrected chi connectivity index (χ3v) is 3.61. The maximum Gasteiger partial charge on any atom is 0.305 e. The predicted molar refractivity (Wildman–Crippen MR) is 91.2 cm³/mol. The summed E-state index contributed by atoms with van der Waals surface area (Å²) >= 11 is 0. The summed E-state index contributed by atoms with van der Waals surface area (Å²) in [6, 6.07) is 13.2. The van der Waals surface area contributed by atoms with Crippen LogP contribution in [-0.2, 0) is 16.0 Å². The molecule has 0 spiro atoms. The fourth-order valence-electron chi connectivity index (χ4n) is 2.22. The van der Waals surface area contributed by atoms with Gasteiger partial charge in [0.25, 0.3) is 0 Å². The molecule has 0 saturated heterocycles. The highest BCUT2D eigenvalue weighted by atomic mass is 19.1. The van der Waals surface area contributed by atoms with Crippen molar-refractivity contribution < 1.29 is 18.7 Å². The molecule has 0 aliphatic heterocycles. The molecule has 0 amide bonds. The highest BCUT2D eigenvalue weighted by molar-refractivity contribution is 6.06. The number of benzene rings is 2. The Bertz CT molecular complexity index is 716. The van der Waals surface area contributed by atoms with Gasteiger partial charge in [0.05, 0.1) is 7.11 Å². The van der Waals surface area contributed by atoms with Crippen molar-refractivity contribution in [3.8, 4) is 0 Å². The van der Waals surface area contributed by atoms with E-state index >= 15 is 0 Å². The van der Waals surface area contributed by atoms with E-state index in [2.05, 4.69) is 4.74 Å². The minimum Gasteiger partial charge on any atom is -0.469 e. The Morgan fingerprint density at radius 3 is 2.33 bits per heavy atom. The summed E-state index contributed by atoms with van der Waals surface area (Å²) in [6.45, 7) is 0. The van der Waals surface area contributed by atoms with E-state index in [4.69, 9.17) is 0 Å². The molecule has 124 valence electrons. The predicted octanol–water partition coefficient (Wildman–Crippen LogP) is 4.22. The van der Waals surface area contributed by atoms with Crippen molar-refractivity contribution in [3.05, 3.63) is 77.1 Å². The monoisotopic (exact) mass is 326 g/mol. The fraction of sp³-hybridized carbons (Fsp3) is 0.200. The topological polar surface area (TPSA) is 43.4 Å². The third kappa shape index (κ3) is 5.47. The van der Waals surface area contributed by atoms with Crippen LogP contribution in [0.1, 0.15) is 34.3 Å². The lowest BCUT2D eigenvalue weighted by molar-refractivity contribution is -0.140. The molecule has 0 atom stereocenters. The van der Waals surface area contributed by atoms with Crippen molar-refractivity contribution in [2.75, 3.05) is 7.11 Å². The van der Waals surface area contributed by atoms with Crippen molar-refractivity contribution >= 4 is 17.8 Å². The zero-order valence-corrected chi connectivity index (χ0v) is 13.5. The molecule has 2 aromatic rings. The SMILES string of the molecule is COC(=O)CCCc1ccc(C(=O)/C=C/c2ccc(F)cc2)cc1. The number of hydrogen-bond acceptors (Lipinski definition) is 3. The molecule has 0 saturated carbocycles. The molecule has 2 aromatic carbocycles. The van der Waals surface area contributed by atoms with E-state index < -0.39 is 0 Å². The van der Waals surface area contributed by atoms with E-state index in [-0.39, 0.29) is 17.6 Å². The van der Waals surface area contributed by atoms with Gasteiger partial charge in [-0.1, -0.05) is 42.5 Å². The van der Waals surface area contributed by atoms with Crippen LogP contribution in [0.2, 0.25) is 0 Å². The number of rotatable bonds is 7. The van der Waals surface area contributed by atoms with Crippen molar-refractivity contribution in [1.29, 1.82) is 0 Å². The van der Waals surface area contributed by atoms with Gasteiger partial charge in [-0.2, -0.15) is 0 Å². The highest BCUT2D eigenvalue weighted by Gasteiger charge is 2.04. The number of halogens is 1. The lowest BCUT2D eigenvalue weighted by Crippen LogP contribution is -2.00. The molecule has 0 heterocycles. The van der Waals surface area contributed by atoms with Gasteiger partial charge >= 0.3 is 5.97 Å². The highest BCUT2D eigenvalue weighted by Crippen LogP contribution is 2.11. The minimum atomic E-state index is -0.304. The molecular weight excluding hydrogens is 307 g/mol. The number of carbonyl (C=O) groups excluding carboxylic acids is 2. The number of allylic oxidation sites excluding steroid dienone is 1. The molecule has 3 nitrogen and oxygen atoms in total. The van der Waals surface area contributed by atoms with Crippen LogP contribution in [0.3, 0.4) is 0 Å². The smallest absolute Gasteiger partial charge is 0.305 e. The van der Waals surface area contributed by atoms with Crippen LogP contribution in [-0.4, -0.2) is 18.9 Å². The Morgan fingerprint density at radius 1 is 1.04 bits per heavy atom. The maximum absolute atomic E-state index is 12.8. The van der Waals surface area contributed by atoms with E-state index in [0.29, 0.717) is 18.4 Å². The number of aryl methyl sites for hydroxylation is 1. The quantitative estimate of drug-likeness (QED) is 0.435. The van der Waals surface area contributed by atoms with Crippen LogP contribution in [0.25, 0.3) is 6.08 Å². The van der Waals surface area contributed by atoms with Gasteiger partial charge in [-0.3, -0.25) is 9.59 Å². The van der Waals surface area contributed by atoms with Crippen LogP contribution >= 0.6 is 0 Å². The lowest BCUT2D eigenvalue weighted by atomic mass is 10.0. The second-order valence-corrected chi connectivity index (χ2v) is 5.38. The molecule has 0 aromatic heterocycles. The molecule has 0 aliphatic rings. The first kappa shape index (κ1) is 17.6. The minimum absolute atomic E-state index is 0.111. The van der Waals surface area contributed by atoms with Crippen molar-refractivity contribution in [3.63, 3.8) is 0 Å². The van der Waals surface area contributed by atoms with Crippen LogP contribution in [0, 0.1) is 5.82 Å². The number of carbonyl (C=O) groups is 2. The lowest BCUT2D eigenvalue weighted by Gasteiger charge is -2.02. The molecule has 0 radical (unpaired) electrons. The van der Waals surface area contributed by atoms with E-state index in [1.54, 1.807) is 30.3 Å².